The first-order valence-electron chi connectivity index (χ1n) is 9.49. The molecule has 2 aliphatic rings. The van der Waals surface area contributed by atoms with E-state index >= 15 is 0 Å². The Hall–Kier alpha value is -2.69. The van der Waals surface area contributed by atoms with Gasteiger partial charge in [0.2, 0.25) is 11.8 Å². The maximum absolute atomic E-state index is 12.9. The van der Waals surface area contributed by atoms with Crippen molar-refractivity contribution >= 4 is 11.8 Å². The molecule has 1 saturated carbocycles. The SMILES string of the molecule is O=C(NCCc1ccc(F)cc1)C1CC1C(=O)N1CCc2ccccc2C1. The van der Waals surface area contributed by atoms with E-state index < -0.39 is 0 Å². The second-order valence-corrected chi connectivity index (χ2v) is 7.39. The summed E-state index contributed by atoms with van der Waals surface area (Å²) in [7, 11) is 0. The number of rotatable bonds is 5. The largest absolute Gasteiger partial charge is 0.356 e. The van der Waals surface area contributed by atoms with Crippen molar-refractivity contribution in [3.63, 3.8) is 0 Å². The molecule has 27 heavy (non-hydrogen) atoms. The van der Waals surface area contributed by atoms with Gasteiger partial charge in [0.05, 0.1) is 11.8 Å². The van der Waals surface area contributed by atoms with E-state index in [2.05, 4.69) is 17.4 Å². The highest BCUT2D eigenvalue weighted by atomic mass is 19.1. The summed E-state index contributed by atoms with van der Waals surface area (Å²) in [5.41, 5.74) is 3.50. The van der Waals surface area contributed by atoms with Crippen LogP contribution in [0.15, 0.2) is 48.5 Å². The zero-order valence-electron chi connectivity index (χ0n) is 15.2. The summed E-state index contributed by atoms with van der Waals surface area (Å²) in [6.45, 7) is 1.87. The number of hydrogen-bond acceptors (Lipinski definition) is 2. The first-order valence-corrected chi connectivity index (χ1v) is 9.49. The van der Waals surface area contributed by atoms with E-state index in [0.717, 1.165) is 18.5 Å². The third kappa shape index (κ3) is 4.02. The minimum atomic E-state index is -0.262. The number of halogens is 1. The third-order valence-electron chi connectivity index (χ3n) is 5.51. The van der Waals surface area contributed by atoms with Crippen LogP contribution < -0.4 is 5.32 Å². The summed E-state index contributed by atoms with van der Waals surface area (Å²) >= 11 is 0. The summed E-state index contributed by atoms with van der Waals surface area (Å²) < 4.78 is 12.9. The van der Waals surface area contributed by atoms with E-state index in [1.54, 1.807) is 12.1 Å². The van der Waals surface area contributed by atoms with Crippen LogP contribution in [0, 0.1) is 17.7 Å². The number of hydrogen-bond donors (Lipinski definition) is 1. The van der Waals surface area contributed by atoms with Crippen molar-refractivity contribution in [3.8, 4) is 0 Å². The molecule has 140 valence electrons. The lowest BCUT2D eigenvalue weighted by Crippen LogP contribution is -2.38. The van der Waals surface area contributed by atoms with Crippen molar-refractivity contribution in [3.05, 3.63) is 71.0 Å². The van der Waals surface area contributed by atoms with E-state index in [1.807, 2.05) is 17.0 Å². The molecule has 2 unspecified atom stereocenters. The molecule has 2 aromatic rings. The number of nitrogens with one attached hydrogen (secondary N) is 1. The predicted octanol–water partition coefficient (Wildman–Crippen LogP) is 2.71. The standard InChI is InChI=1S/C22H23FN2O2/c23-18-7-5-15(6-8-18)9-11-24-21(26)19-13-20(19)22(27)25-12-10-16-3-1-2-4-17(16)14-25/h1-8,19-20H,9-14H2,(H,24,26). The van der Waals surface area contributed by atoms with Gasteiger partial charge in [0.25, 0.3) is 0 Å². The molecular weight excluding hydrogens is 343 g/mol. The fraction of sp³-hybridized carbons (Fsp3) is 0.364. The van der Waals surface area contributed by atoms with Gasteiger partial charge in [0, 0.05) is 19.6 Å². The van der Waals surface area contributed by atoms with E-state index in [-0.39, 0.29) is 29.5 Å². The topological polar surface area (TPSA) is 49.4 Å². The number of fused-ring (bicyclic) bond motifs is 1. The van der Waals surface area contributed by atoms with Gasteiger partial charge in [0.1, 0.15) is 5.82 Å². The summed E-state index contributed by atoms with van der Waals surface area (Å²) in [5.74, 6) is -0.595. The van der Waals surface area contributed by atoms with Gasteiger partial charge in [-0.05, 0) is 48.1 Å². The van der Waals surface area contributed by atoms with Gasteiger partial charge >= 0.3 is 0 Å². The molecular formula is C22H23FN2O2. The zero-order chi connectivity index (χ0) is 18.8. The van der Waals surface area contributed by atoms with Gasteiger partial charge in [-0.3, -0.25) is 9.59 Å². The van der Waals surface area contributed by atoms with Crippen LogP contribution in [0.2, 0.25) is 0 Å². The highest BCUT2D eigenvalue weighted by Crippen LogP contribution is 2.40. The maximum Gasteiger partial charge on any atom is 0.226 e. The van der Waals surface area contributed by atoms with E-state index in [0.29, 0.717) is 25.9 Å². The van der Waals surface area contributed by atoms with Gasteiger partial charge < -0.3 is 10.2 Å². The molecule has 4 rings (SSSR count). The predicted molar refractivity (Wildman–Crippen MR) is 100 cm³/mol. The summed E-state index contributed by atoms with van der Waals surface area (Å²) in [6.07, 6.45) is 2.17. The second-order valence-electron chi connectivity index (χ2n) is 7.39. The van der Waals surface area contributed by atoms with Crippen molar-refractivity contribution in [2.75, 3.05) is 13.1 Å². The van der Waals surface area contributed by atoms with Gasteiger partial charge in [-0.25, -0.2) is 4.39 Å². The minimum absolute atomic E-state index is 0.0483. The van der Waals surface area contributed by atoms with E-state index in [1.165, 1.54) is 23.3 Å². The summed E-state index contributed by atoms with van der Waals surface area (Å²) in [6, 6.07) is 14.5. The molecule has 2 amide bonds. The van der Waals surface area contributed by atoms with Crippen LogP contribution in [-0.4, -0.2) is 29.8 Å². The van der Waals surface area contributed by atoms with Crippen molar-refractivity contribution in [1.82, 2.24) is 10.2 Å². The lowest BCUT2D eigenvalue weighted by atomic mass is 9.99. The van der Waals surface area contributed by atoms with Crippen molar-refractivity contribution in [1.29, 1.82) is 0 Å². The van der Waals surface area contributed by atoms with Crippen LogP contribution in [0.25, 0.3) is 0 Å². The van der Waals surface area contributed by atoms with E-state index in [4.69, 9.17) is 0 Å². The average Bonchev–Trinajstić information content (AvgIpc) is 3.49. The molecule has 5 heteroatoms. The van der Waals surface area contributed by atoms with Crippen LogP contribution >= 0.6 is 0 Å². The summed E-state index contributed by atoms with van der Waals surface area (Å²) in [4.78, 5) is 26.9. The van der Waals surface area contributed by atoms with Crippen LogP contribution in [0.5, 0.6) is 0 Å². The van der Waals surface area contributed by atoms with Crippen molar-refractivity contribution in [2.45, 2.75) is 25.8 Å². The Morgan fingerprint density at radius 2 is 1.78 bits per heavy atom. The van der Waals surface area contributed by atoms with Gasteiger partial charge in [0.15, 0.2) is 0 Å². The first kappa shape index (κ1) is 17.7. The van der Waals surface area contributed by atoms with Gasteiger partial charge in [-0.2, -0.15) is 0 Å². The fourth-order valence-electron chi connectivity index (χ4n) is 3.79. The molecule has 0 radical (unpaired) electrons. The first-order chi connectivity index (χ1) is 13.1. The molecule has 2 atom stereocenters. The lowest BCUT2D eigenvalue weighted by Gasteiger charge is -2.29. The molecule has 0 spiro atoms. The number of nitrogens with zero attached hydrogens (tertiary/aromatic N) is 1. The second kappa shape index (κ2) is 7.51. The Labute approximate surface area is 158 Å². The van der Waals surface area contributed by atoms with Gasteiger partial charge in [-0.1, -0.05) is 36.4 Å². The van der Waals surface area contributed by atoms with Crippen LogP contribution in [0.4, 0.5) is 4.39 Å². The quantitative estimate of drug-likeness (QED) is 0.885. The third-order valence-corrected chi connectivity index (χ3v) is 5.51. The van der Waals surface area contributed by atoms with Crippen LogP contribution in [-0.2, 0) is 29.0 Å². The fourth-order valence-corrected chi connectivity index (χ4v) is 3.79. The molecule has 0 aromatic heterocycles. The smallest absolute Gasteiger partial charge is 0.226 e. The maximum atomic E-state index is 12.9. The number of amides is 2. The zero-order valence-corrected chi connectivity index (χ0v) is 15.2. The highest BCUT2D eigenvalue weighted by Gasteiger charge is 2.49. The molecule has 1 N–H and O–H groups in total. The minimum Gasteiger partial charge on any atom is -0.356 e. The lowest BCUT2D eigenvalue weighted by molar-refractivity contribution is -0.135. The molecule has 2 aromatic carbocycles. The molecule has 1 fully saturated rings. The molecule has 1 heterocycles. The average molecular weight is 366 g/mol. The molecule has 1 aliphatic carbocycles. The molecule has 1 aliphatic heterocycles. The highest BCUT2D eigenvalue weighted by molar-refractivity contribution is 5.92. The Kier molecular flexibility index (Phi) is 4.92. The normalized spacial score (nSPS) is 20.7. The van der Waals surface area contributed by atoms with Crippen molar-refractivity contribution < 1.29 is 14.0 Å². The number of benzene rings is 2. The number of carbonyl (C=O) groups excluding carboxylic acids is 2. The monoisotopic (exact) mass is 366 g/mol. The molecule has 0 saturated heterocycles. The van der Waals surface area contributed by atoms with Crippen LogP contribution in [0.3, 0.4) is 0 Å². The Morgan fingerprint density at radius 1 is 1.04 bits per heavy atom. The Morgan fingerprint density at radius 3 is 2.56 bits per heavy atom. The Bertz CT molecular complexity index is 850. The summed E-state index contributed by atoms with van der Waals surface area (Å²) in [5, 5.41) is 2.91. The van der Waals surface area contributed by atoms with Crippen LogP contribution in [0.1, 0.15) is 23.1 Å². The van der Waals surface area contributed by atoms with E-state index in [9.17, 15) is 14.0 Å². The van der Waals surface area contributed by atoms with Crippen molar-refractivity contribution in [2.24, 2.45) is 11.8 Å². The molecule has 4 nitrogen and oxygen atoms in total. The van der Waals surface area contributed by atoms with Gasteiger partial charge in [-0.15, -0.1) is 0 Å². The Balaban J connectivity index is 1.24. The molecule has 0 bridgehead atoms. The number of carbonyl (C=O) groups is 2.